The number of amides is 2. The first-order chi connectivity index (χ1) is 9.76. The summed E-state index contributed by atoms with van der Waals surface area (Å²) in [5.41, 5.74) is 0. The molecule has 124 valence electrons. The predicted molar refractivity (Wildman–Crippen MR) is 84.4 cm³/mol. The zero-order valence-electron chi connectivity index (χ0n) is 14.0. The second-order valence-corrected chi connectivity index (χ2v) is 6.27. The van der Waals surface area contributed by atoms with Crippen molar-refractivity contribution in [2.75, 3.05) is 27.2 Å². The Hall–Kier alpha value is -1.30. The van der Waals surface area contributed by atoms with Crippen molar-refractivity contribution in [2.45, 2.75) is 46.1 Å². The Morgan fingerprint density at radius 3 is 2.29 bits per heavy atom. The number of hydrogen-bond donors (Lipinski definition) is 3. The van der Waals surface area contributed by atoms with E-state index in [1.807, 2.05) is 25.9 Å². The Morgan fingerprint density at radius 1 is 1.24 bits per heavy atom. The maximum Gasteiger partial charge on any atom is 0.315 e. The quantitative estimate of drug-likeness (QED) is 0.574. The second-order valence-electron chi connectivity index (χ2n) is 6.27. The van der Waals surface area contributed by atoms with Crippen LogP contribution in [0.4, 0.5) is 4.79 Å². The van der Waals surface area contributed by atoms with E-state index in [1.54, 1.807) is 0 Å². The van der Waals surface area contributed by atoms with Gasteiger partial charge in [0.25, 0.3) is 0 Å². The standard InChI is InChI=1S/C15H31N3O3/c1-6-7-12(14(19)20)9-16-15(21)17-13(8-11(2)3)10-18(4)5/h11-13H,6-10H2,1-5H3,(H,19,20)(H2,16,17,21). The summed E-state index contributed by atoms with van der Waals surface area (Å²) in [5.74, 6) is -0.885. The van der Waals surface area contributed by atoms with E-state index in [1.165, 1.54) is 0 Å². The number of carboxylic acid groups (broad SMARTS) is 1. The molecule has 0 heterocycles. The van der Waals surface area contributed by atoms with E-state index in [0.717, 1.165) is 19.4 Å². The lowest BCUT2D eigenvalue weighted by Gasteiger charge is -2.24. The highest BCUT2D eigenvalue weighted by Gasteiger charge is 2.19. The van der Waals surface area contributed by atoms with Gasteiger partial charge in [-0.05, 0) is 32.9 Å². The molecule has 6 nitrogen and oxygen atoms in total. The molecule has 0 fully saturated rings. The molecule has 0 aliphatic rings. The normalized spacial score (nSPS) is 14.0. The Labute approximate surface area is 128 Å². The molecule has 2 amide bonds. The van der Waals surface area contributed by atoms with E-state index in [4.69, 9.17) is 5.11 Å². The van der Waals surface area contributed by atoms with E-state index < -0.39 is 11.9 Å². The van der Waals surface area contributed by atoms with Gasteiger partial charge in [-0.15, -0.1) is 0 Å². The van der Waals surface area contributed by atoms with Crippen molar-refractivity contribution in [1.29, 1.82) is 0 Å². The average molecular weight is 301 g/mol. The summed E-state index contributed by atoms with van der Waals surface area (Å²) in [6.07, 6.45) is 2.25. The number of carbonyl (C=O) groups is 2. The summed E-state index contributed by atoms with van der Waals surface area (Å²) in [6, 6.07) is -0.223. The summed E-state index contributed by atoms with van der Waals surface area (Å²) in [6.45, 7) is 7.11. The van der Waals surface area contributed by atoms with E-state index in [0.29, 0.717) is 12.3 Å². The molecular formula is C15H31N3O3. The molecule has 0 bridgehead atoms. The van der Waals surface area contributed by atoms with Gasteiger partial charge in [-0.25, -0.2) is 4.79 Å². The molecule has 21 heavy (non-hydrogen) atoms. The monoisotopic (exact) mass is 301 g/mol. The van der Waals surface area contributed by atoms with Crippen LogP contribution in [0.25, 0.3) is 0 Å². The molecule has 2 atom stereocenters. The highest BCUT2D eigenvalue weighted by molar-refractivity contribution is 5.76. The fourth-order valence-electron chi connectivity index (χ4n) is 2.30. The lowest BCUT2D eigenvalue weighted by atomic mass is 10.0. The Kier molecular flexibility index (Phi) is 9.78. The van der Waals surface area contributed by atoms with Crippen LogP contribution in [0.2, 0.25) is 0 Å². The first-order valence-corrected chi connectivity index (χ1v) is 7.68. The van der Waals surface area contributed by atoms with Crippen molar-refractivity contribution in [3.05, 3.63) is 0 Å². The number of carbonyl (C=O) groups excluding carboxylic acids is 1. The summed E-state index contributed by atoms with van der Waals surface area (Å²) < 4.78 is 0. The molecule has 6 heteroatoms. The largest absolute Gasteiger partial charge is 0.481 e. The third-order valence-electron chi connectivity index (χ3n) is 3.17. The topological polar surface area (TPSA) is 81.7 Å². The van der Waals surface area contributed by atoms with Gasteiger partial charge < -0.3 is 20.6 Å². The summed E-state index contributed by atoms with van der Waals surface area (Å²) >= 11 is 0. The van der Waals surface area contributed by atoms with E-state index in [9.17, 15) is 9.59 Å². The van der Waals surface area contributed by atoms with Gasteiger partial charge in [0.05, 0.1) is 5.92 Å². The van der Waals surface area contributed by atoms with Crippen LogP contribution in [-0.2, 0) is 4.79 Å². The number of nitrogens with one attached hydrogen (secondary N) is 2. The van der Waals surface area contributed by atoms with Crippen molar-refractivity contribution in [3.8, 4) is 0 Å². The molecular weight excluding hydrogens is 270 g/mol. The highest BCUT2D eigenvalue weighted by atomic mass is 16.4. The summed E-state index contributed by atoms with van der Waals surface area (Å²) in [7, 11) is 3.93. The fourth-order valence-corrected chi connectivity index (χ4v) is 2.30. The van der Waals surface area contributed by atoms with Crippen LogP contribution in [0.15, 0.2) is 0 Å². The number of urea groups is 1. The maximum atomic E-state index is 11.9. The minimum atomic E-state index is -0.857. The zero-order chi connectivity index (χ0) is 16.4. The summed E-state index contributed by atoms with van der Waals surface area (Å²) in [4.78, 5) is 25.0. The van der Waals surface area contributed by atoms with E-state index in [2.05, 4.69) is 24.5 Å². The molecule has 0 aliphatic heterocycles. The van der Waals surface area contributed by atoms with Crippen molar-refractivity contribution in [2.24, 2.45) is 11.8 Å². The Morgan fingerprint density at radius 2 is 1.86 bits per heavy atom. The molecule has 0 rings (SSSR count). The molecule has 0 aliphatic carbocycles. The van der Waals surface area contributed by atoms with E-state index in [-0.39, 0.29) is 18.6 Å². The van der Waals surface area contributed by atoms with Crippen LogP contribution in [0.5, 0.6) is 0 Å². The Bertz CT molecular complexity index is 309. The van der Waals surface area contributed by atoms with Gasteiger partial charge in [-0.3, -0.25) is 4.79 Å². The van der Waals surface area contributed by atoms with Gasteiger partial charge in [0.1, 0.15) is 0 Å². The third-order valence-corrected chi connectivity index (χ3v) is 3.17. The van der Waals surface area contributed by atoms with Crippen molar-refractivity contribution in [3.63, 3.8) is 0 Å². The number of likely N-dealkylation sites (N-methyl/N-ethyl adjacent to an activating group) is 1. The molecule has 0 saturated heterocycles. The molecule has 3 N–H and O–H groups in total. The summed E-state index contributed by atoms with van der Waals surface area (Å²) in [5, 5.41) is 14.7. The molecule has 0 spiro atoms. The van der Waals surface area contributed by atoms with Gasteiger partial charge in [0, 0.05) is 19.1 Å². The first-order valence-electron chi connectivity index (χ1n) is 7.68. The zero-order valence-corrected chi connectivity index (χ0v) is 14.0. The molecule has 0 aromatic carbocycles. The average Bonchev–Trinajstić information content (AvgIpc) is 2.32. The second kappa shape index (κ2) is 10.4. The molecule has 0 aromatic heterocycles. The van der Waals surface area contributed by atoms with Crippen molar-refractivity contribution < 1.29 is 14.7 Å². The first kappa shape index (κ1) is 19.7. The molecule has 2 unspecified atom stereocenters. The SMILES string of the molecule is CCCC(CNC(=O)NC(CC(C)C)CN(C)C)C(=O)O. The number of nitrogens with zero attached hydrogens (tertiary/aromatic N) is 1. The number of rotatable bonds is 10. The predicted octanol–water partition coefficient (Wildman–Crippen LogP) is 1.76. The van der Waals surface area contributed by atoms with Gasteiger partial charge in [0.15, 0.2) is 0 Å². The van der Waals surface area contributed by atoms with Crippen molar-refractivity contribution in [1.82, 2.24) is 15.5 Å². The maximum absolute atomic E-state index is 11.9. The lowest BCUT2D eigenvalue weighted by molar-refractivity contribution is -0.141. The van der Waals surface area contributed by atoms with Gasteiger partial charge in [-0.2, -0.15) is 0 Å². The van der Waals surface area contributed by atoms with Crippen LogP contribution in [0.3, 0.4) is 0 Å². The lowest BCUT2D eigenvalue weighted by Crippen LogP contribution is -2.48. The minimum Gasteiger partial charge on any atom is -0.481 e. The molecule has 0 saturated carbocycles. The highest BCUT2D eigenvalue weighted by Crippen LogP contribution is 2.07. The molecule has 0 radical (unpaired) electrons. The van der Waals surface area contributed by atoms with Crippen LogP contribution < -0.4 is 10.6 Å². The van der Waals surface area contributed by atoms with Crippen molar-refractivity contribution >= 4 is 12.0 Å². The Balaban J connectivity index is 4.31. The van der Waals surface area contributed by atoms with Crippen LogP contribution in [0.1, 0.15) is 40.0 Å². The van der Waals surface area contributed by atoms with E-state index >= 15 is 0 Å². The van der Waals surface area contributed by atoms with Crippen LogP contribution >= 0.6 is 0 Å². The van der Waals surface area contributed by atoms with Gasteiger partial charge in [-0.1, -0.05) is 27.2 Å². The van der Waals surface area contributed by atoms with Gasteiger partial charge in [0.2, 0.25) is 0 Å². The minimum absolute atomic E-state index is 0.0643. The molecule has 0 aromatic rings. The number of carboxylic acids is 1. The smallest absolute Gasteiger partial charge is 0.315 e. The van der Waals surface area contributed by atoms with Crippen LogP contribution in [0, 0.1) is 11.8 Å². The fraction of sp³-hybridized carbons (Fsp3) is 0.867. The third kappa shape index (κ3) is 10.1. The number of aliphatic carboxylic acids is 1. The van der Waals surface area contributed by atoms with Crippen LogP contribution in [-0.4, -0.2) is 55.2 Å². The van der Waals surface area contributed by atoms with Gasteiger partial charge >= 0.3 is 12.0 Å². The number of hydrogen-bond acceptors (Lipinski definition) is 3.